The van der Waals surface area contributed by atoms with E-state index in [4.69, 9.17) is 11.6 Å². The highest BCUT2D eigenvalue weighted by Gasteiger charge is 2.10. The van der Waals surface area contributed by atoms with Gasteiger partial charge in [0.05, 0.1) is 13.5 Å². The third-order valence-corrected chi connectivity index (χ3v) is 3.42. The predicted molar refractivity (Wildman–Crippen MR) is 70.2 cm³/mol. The van der Waals surface area contributed by atoms with Crippen LogP contribution in [0, 0.1) is 0 Å². The summed E-state index contributed by atoms with van der Waals surface area (Å²) in [5.74, 6) is -0.309. The minimum absolute atomic E-state index is 0.167. The third kappa shape index (κ3) is 2.58. The molecule has 0 N–H and O–H groups in total. The Hall–Kier alpha value is -1.13. The molecule has 5 heteroatoms. The summed E-state index contributed by atoms with van der Waals surface area (Å²) in [7, 11) is 1.36. The second kappa shape index (κ2) is 5.02. The molecule has 0 atom stereocenters. The zero-order valence-corrected chi connectivity index (χ0v) is 11.4. The van der Waals surface area contributed by atoms with Crippen molar-refractivity contribution >= 4 is 44.3 Å². The number of esters is 1. The van der Waals surface area contributed by atoms with E-state index in [9.17, 15) is 4.79 Å². The van der Waals surface area contributed by atoms with E-state index >= 15 is 0 Å². The number of halogens is 2. The highest BCUT2D eigenvalue weighted by atomic mass is 79.9. The van der Waals surface area contributed by atoms with Gasteiger partial charge < -0.3 is 4.74 Å². The first-order valence-corrected chi connectivity index (χ1v) is 6.07. The monoisotopic (exact) mass is 313 g/mol. The highest BCUT2D eigenvalue weighted by molar-refractivity contribution is 9.10. The lowest BCUT2D eigenvalue weighted by Gasteiger charge is -2.06. The first kappa shape index (κ1) is 12.3. The van der Waals surface area contributed by atoms with Crippen LogP contribution in [-0.4, -0.2) is 18.1 Å². The molecule has 0 unspecified atom stereocenters. The topological polar surface area (TPSA) is 39.2 Å². The second-order valence-corrected chi connectivity index (χ2v) is 4.80. The number of fused-ring (bicyclic) bond motifs is 1. The molecule has 1 aromatic heterocycles. The minimum Gasteiger partial charge on any atom is -0.469 e. The van der Waals surface area contributed by atoms with Crippen molar-refractivity contribution in [2.45, 2.75) is 6.42 Å². The van der Waals surface area contributed by atoms with Crippen LogP contribution in [0.25, 0.3) is 10.8 Å². The summed E-state index contributed by atoms with van der Waals surface area (Å²) in [6, 6.07) is 3.67. The number of carbonyl (C=O) groups is 1. The summed E-state index contributed by atoms with van der Waals surface area (Å²) in [5, 5.41) is 2.45. The van der Waals surface area contributed by atoms with Crippen LogP contribution in [0.15, 0.2) is 29.0 Å². The Morgan fingerprint density at radius 2 is 2.24 bits per heavy atom. The normalized spacial score (nSPS) is 10.5. The fourth-order valence-corrected chi connectivity index (χ4v) is 2.26. The molecule has 0 aliphatic heterocycles. The van der Waals surface area contributed by atoms with Gasteiger partial charge in [-0.25, -0.2) is 0 Å². The Kier molecular flexibility index (Phi) is 3.64. The van der Waals surface area contributed by atoms with Crippen molar-refractivity contribution in [3.8, 4) is 0 Å². The number of ether oxygens (including phenoxy) is 1. The second-order valence-electron chi connectivity index (χ2n) is 3.54. The Bertz CT molecular complexity index is 586. The van der Waals surface area contributed by atoms with Gasteiger partial charge in [-0.1, -0.05) is 11.6 Å². The van der Waals surface area contributed by atoms with Gasteiger partial charge in [0.25, 0.3) is 0 Å². The molecular weight excluding hydrogens is 305 g/mol. The summed E-state index contributed by atoms with van der Waals surface area (Å²) < 4.78 is 5.50. The van der Waals surface area contributed by atoms with E-state index in [0.29, 0.717) is 5.02 Å². The van der Waals surface area contributed by atoms with Gasteiger partial charge in [-0.2, -0.15) is 0 Å². The molecule has 0 fully saturated rings. The van der Waals surface area contributed by atoms with Crippen molar-refractivity contribution < 1.29 is 9.53 Å². The average Bonchev–Trinajstić information content (AvgIpc) is 2.31. The fourth-order valence-electron chi connectivity index (χ4n) is 1.56. The quantitative estimate of drug-likeness (QED) is 0.798. The molecule has 0 saturated heterocycles. The van der Waals surface area contributed by atoms with Crippen LogP contribution in [0.2, 0.25) is 5.02 Å². The van der Waals surface area contributed by atoms with Crippen LogP contribution in [0.4, 0.5) is 0 Å². The summed E-state index contributed by atoms with van der Waals surface area (Å²) in [6.07, 6.45) is 3.60. The van der Waals surface area contributed by atoms with Crippen LogP contribution in [0.3, 0.4) is 0 Å². The van der Waals surface area contributed by atoms with Gasteiger partial charge in [-0.15, -0.1) is 0 Å². The molecule has 0 bridgehead atoms. The predicted octanol–water partition coefficient (Wildman–Crippen LogP) is 3.37. The van der Waals surface area contributed by atoms with Crippen LogP contribution in [-0.2, 0) is 16.0 Å². The van der Waals surface area contributed by atoms with Gasteiger partial charge in [-0.3, -0.25) is 9.78 Å². The molecule has 2 aromatic rings. The molecule has 0 aliphatic rings. The van der Waals surface area contributed by atoms with Gasteiger partial charge in [0.15, 0.2) is 0 Å². The van der Waals surface area contributed by atoms with Crippen molar-refractivity contribution in [1.82, 2.24) is 4.98 Å². The molecule has 0 aliphatic carbocycles. The van der Waals surface area contributed by atoms with E-state index < -0.39 is 0 Å². The van der Waals surface area contributed by atoms with Crippen LogP contribution in [0.5, 0.6) is 0 Å². The number of rotatable bonds is 2. The largest absolute Gasteiger partial charge is 0.469 e. The fraction of sp³-hybridized carbons (Fsp3) is 0.167. The Morgan fingerprint density at radius 3 is 2.94 bits per heavy atom. The molecule has 0 radical (unpaired) electrons. The van der Waals surface area contributed by atoms with Crippen LogP contribution in [0.1, 0.15) is 5.56 Å². The lowest BCUT2D eigenvalue weighted by molar-refractivity contribution is -0.139. The van der Waals surface area contributed by atoms with Gasteiger partial charge >= 0.3 is 5.97 Å². The molecule has 0 saturated carbocycles. The molecular formula is C12H9BrClNO2. The van der Waals surface area contributed by atoms with Gasteiger partial charge in [-0.05, 0) is 39.0 Å². The smallest absolute Gasteiger partial charge is 0.310 e. The number of hydrogen-bond donors (Lipinski definition) is 0. The van der Waals surface area contributed by atoms with Gasteiger partial charge in [0, 0.05) is 27.3 Å². The SMILES string of the molecule is COC(=O)Cc1cc2c(Br)cncc2cc1Cl. The zero-order chi connectivity index (χ0) is 12.4. The standard InChI is InChI=1S/C12H9BrClNO2/c1-17-12(16)4-7-2-9-8(3-11(7)14)5-15-6-10(9)13/h2-3,5-6H,4H2,1H3. The minimum atomic E-state index is -0.309. The molecule has 1 heterocycles. The van der Waals surface area contributed by atoms with E-state index in [-0.39, 0.29) is 12.4 Å². The molecule has 2 rings (SSSR count). The first-order chi connectivity index (χ1) is 8.11. The third-order valence-electron chi connectivity index (χ3n) is 2.44. The molecule has 1 aromatic carbocycles. The summed E-state index contributed by atoms with van der Waals surface area (Å²) in [5.41, 5.74) is 0.748. The molecule has 0 amide bonds. The lowest BCUT2D eigenvalue weighted by atomic mass is 10.1. The summed E-state index contributed by atoms with van der Waals surface area (Å²) in [6.45, 7) is 0. The van der Waals surface area contributed by atoms with E-state index in [1.165, 1.54) is 7.11 Å². The average molecular weight is 315 g/mol. The maximum absolute atomic E-state index is 11.2. The number of carbonyl (C=O) groups excluding carboxylic acids is 1. The van der Waals surface area contributed by atoms with Gasteiger partial charge in [0.1, 0.15) is 0 Å². The molecule has 3 nitrogen and oxygen atoms in total. The number of hydrogen-bond acceptors (Lipinski definition) is 3. The van der Waals surface area contributed by atoms with Gasteiger partial charge in [0.2, 0.25) is 0 Å². The van der Waals surface area contributed by atoms with E-state index in [2.05, 4.69) is 25.7 Å². The summed E-state index contributed by atoms with van der Waals surface area (Å²) in [4.78, 5) is 15.3. The summed E-state index contributed by atoms with van der Waals surface area (Å²) >= 11 is 9.52. The molecule has 0 spiro atoms. The molecule has 88 valence electrons. The Balaban J connectivity index is 2.54. The number of benzene rings is 1. The zero-order valence-electron chi connectivity index (χ0n) is 9.04. The number of pyridine rings is 1. The highest BCUT2D eigenvalue weighted by Crippen LogP contribution is 2.28. The van der Waals surface area contributed by atoms with Crippen molar-refractivity contribution in [2.75, 3.05) is 7.11 Å². The number of nitrogens with zero attached hydrogens (tertiary/aromatic N) is 1. The van der Waals surface area contributed by atoms with Crippen molar-refractivity contribution in [1.29, 1.82) is 0 Å². The Labute approximate surface area is 112 Å². The maximum atomic E-state index is 11.2. The number of aromatic nitrogens is 1. The number of methoxy groups -OCH3 is 1. The Morgan fingerprint density at radius 1 is 1.47 bits per heavy atom. The van der Waals surface area contributed by atoms with Crippen LogP contribution < -0.4 is 0 Å². The van der Waals surface area contributed by atoms with Crippen molar-refractivity contribution in [2.24, 2.45) is 0 Å². The van der Waals surface area contributed by atoms with Crippen molar-refractivity contribution in [3.63, 3.8) is 0 Å². The van der Waals surface area contributed by atoms with Crippen molar-refractivity contribution in [3.05, 3.63) is 39.6 Å². The lowest BCUT2D eigenvalue weighted by Crippen LogP contribution is -2.05. The van der Waals surface area contributed by atoms with Crippen LogP contribution >= 0.6 is 27.5 Å². The maximum Gasteiger partial charge on any atom is 0.310 e. The van der Waals surface area contributed by atoms with E-state index in [1.807, 2.05) is 6.07 Å². The van der Waals surface area contributed by atoms with E-state index in [0.717, 1.165) is 20.8 Å². The van der Waals surface area contributed by atoms with E-state index in [1.54, 1.807) is 18.5 Å². The first-order valence-electron chi connectivity index (χ1n) is 4.90. The molecule has 17 heavy (non-hydrogen) atoms.